The third-order valence-electron chi connectivity index (χ3n) is 3.98. The summed E-state index contributed by atoms with van der Waals surface area (Å²) in [4.78, 5) is 25.4. The maximum Gasteiger partial charge on any atom is 0.330 e. The van der Waals surface area contributed by atoms with Gasteiger partial charge in [-0.1, -0.05) is 13.8 Å². The van der Waals surface area contributed by atoms with Gasteiger partial charge in [0.05, 0.1) is 20.1 Å². The summed E-state index contributed by atoms with van der Waals surface area (Å²) < 4.78 is 33.9. The lowest BCUT2D eigenvalue weighted by Crippen LogP contribution is -2.38. The summed E-state index contributed by atoms with van der Waals surface area (Å²) in [6, 6.07) is -0.320. The summed E-state index contributed by atoms with van der Waals surface area (Å²) in [5, 5.41) is 19.3. The van der Waals surface area contributed by atoms with Crippen molar-refractivity contribution in [3.05, 3.63) is 32.6 Å². The molecule has 1 aliphatic heterocycles. The van der Waals surface area contributed by atoms with Crippen molar-refractivity contribution in [3.63, 3.8) is 0 Å². The van der Waals surface area contributed by atoms with Crippen LogP contribution in [0.3, 0.4) is 0 Å². The predicted molar refractivity (Wildman–Crippen MR) is 85.5 cm³/mol. The van der Waals surface area contributed by atoms with E-state index in [2.05, 4.69) is 0 Å². The monoisotopic (exact) mass is 362 g/mol. The second-order valence-electron chi connectivity index (χ2n) is 6.41. The normalized spacial score (nSPS) is 31.3. The molecule has 25 heavy (non-hydrogen) atoms. The molecule has 142 valence electrons. The number of H-pyrrole nitrogens is 1. The molecule has 0 spiro atoms. The number of hydrogen-bond acceptors (Lipinski definition) is 7. The minimum absolute atomic E-state index is 0.0566. The summed E-state index contributed by atoms with van der Waals surface area (Å²) in [6.07, 6.45) is -4.00. The van der Waals surface area contributed by atoms with Crippen LogP contribution in [0.4, 0.5) is 4.39 Å². The van der Waals surface area contributed by atoms with E-state index in [0.717, 1.165) is 6.20 Å². The van der Waals surface area contributed by atoms with Crippen molar-refractivity contribution in [2.45, 2.75) is 51.1 Å². The number of ether oxygens (including phenoxy) is 2. The fourth-order valence-corrected chi connectivity index (χ4v) is 2.30. The van der Waals surface area contributed by atoms with Gasteiger partial charge in [-0.25, -0.2) is 9.18 Å². The zero-order chi connectivity index (χ0) is 19.7. The molecule has 2 rings (SSSR count). The van der Waals surface area contributed by atoms with Crippen LogP contribution < -0.4 is 17.0 Å². The van der Waals surface area contributed by atoms with Gasteiger partial charge in [-0.2, -0.15) is 0 Å². The Balaban J connectivity index is 2.21. The molecule has 1 aromatic heterocycles. The highest BCUT2D eigenvalue weighted by molar-refractivity contribution is 5.04. The molecule has 5 N–H and O–H groups in total. The number of hydrogen-bond donors (Lipinski definition) is 4. The number of aromatic nitrogens is 2. The van der Waals surface area contributed by atoms with Crippen LogP contribution in [0.25, 0.3) is 0 Å². The van der Waals surface area contributed by atoms with Crippen LogP contribution in [0.5, 0.6) is 0 Å². The minimum Gasteiger partial charge on any atom is -0.391 e. The molecule has 0 saturated carbocycles. The van der Waals surface area contributed by atoms with E-state index in [9.17, 15) is 19.1 Å². The summed E-state index contributed by atoms with van der Waals surface area (Å²) in [5.74, 6) is -2.40. The van der Waals surface area contributed by atoms with Crippen LogP contribution in [-0.4, -0.2) is 51.0 Å². The Morgan fingerprint density at radius 2 is 2.32 bits per heavy atom. The molecular formula is C15H24FN3O6. The maximum atomic E-state index is 14.9. The minimum atomic E-state index is -2.52. The fraction of sp³-hybridized carbons (Fsp3) is 0.733. The molecule has 0 amide bonds. The zero-order valence-electron chi connectivity index (χ0n) is 15.1. The highest BCUT2D eigenvalue weighted by Gasteiger charge is 2.48. The lowest BCUT2D eigenvalue weighted by Gasteiger charge is -2.23. The topological polar surface area (TPSA) is 140 Å². The molecule has 1 aliphatic rings. The van der Waals surface area contributed by atoms with Gasteiger partial charge in [-0.05, 0) is 5.92 Å². The fourth-order valence-electron chi connectivity index (χ4n) is 2.30. The van der Waals surface area contributed by atoms with E-state index >= 15 is 0 Å². The van der Waals surface area contributed by atoms with E-state index in [1.807, 2.05) is 18.8 Å². The van der Waals surface area contributed by atoms with Crippen molar-refractivity contribution in [1.82, 2.24) is 9.55 Å². The number of rotatable bonds is 7. The standard InChI is InChI=1S/C15H24FN3O6/c1-8(2)10(17)6-24-7-15(16)3-11(21)13(25-15)19-4-9(5-20)12(22)18-14(19)23/h4,8,10-11,13,20-21H,3,5-7,17H2,1-2H3,(H,18,22,23)/t10-,11-,13-,15+/m1/s1/i13D. The van der Waals surface area contributed by atoms with Gasteiger partial charge in [-0.3, -0.25) is 14.3 Å². The lowest BCUT2D eigenvalue weighted by atomic mass is 10.1. The van der Waals surface area contributed by atoms with E-state index in [1.54, 1.807) is 0 Å². The third-order valence-corrected chi connectivity index (χ3v) is 3.98. The molecule has 1 aromatic rings. The van der Waals surface area contributed by atoms with Crippen molar-refractivity contribution < 1.29 is 25.4 Å². The number of aliphatic hydroxyl groups is 2. The van der Waals surface area contributed by atoms with Gasteiger partial charge >= 0.3 is 5.69 Å². The summed E-state index contributed by atoms with van der Waals surface area (Å²) >= 11 is 0. The SMILES string of the molecule is [2H][C@@]1(n2cc(CO)c(=O)[nH]c2=O)O[C@](F)(COC[C@@H](N)C(C)C)C[C@H]1O. The molecular weight excluding hydrogens is 337 g/mol. The smallest absolute Gasteiger partial charge is 0.330 e. The average Bonchev–Trinajstić information content (AvgIpc) is 2.77. The van der Waals surface area contributed by atoms with Gasteiger partial charge in [0.15, 0.2) is 6.20 Å². The van der Waals surface area contributed by atoms with Crippen LogP contribution in [0.1, 0.15) is 33.4 Å². The van der Waals surface area contributed by atoms with Gasteiger partial charge in [0.1, 0.15) is 12.7 Å². The summed E-state index contributed by atoms with van der Waals surface area (Å²) in [5.41, 5.74) is 3.65. The van der Waals surface area contributed by atoms with Crippen LogP contribution in [-0.2, 0) is 16.1 Å². The maximum absolute atomic E-state index is 14.9. The molecule has 4 atom stereocenters. The van der Waals surface area contributed by atoms with E-state index in [0.29, 0.717) is 4.57 Å². The van der Waals surface area contributed by atoms with E-state index < -0.39 is 49.0 Å². The largest absolute Gasteiger partial charge is 0.391 e. The summed E-state index contributed by atoms with van der Waals surface area (Å²) in [6.45, 7) is 2.52. The Labute approximate surface area is 144 Å². The molecule has 9 nitrogen and oxygen atoms in total. The Morgan fingerprint density at radius 3 is 2.92 bits per heavy atom. The van der Waals surface area contributed by atoms with E-state index in [-0.39, 0.29) is 24.1 Å². The number of nitrogens with two attached hydrogens (primary N) is 1. The predicted octanol–water partition coefficient (Wildman–Crippen LogP) is -1.03. The van der Waals surface area contributed by atoms with Crippen molar-refractivity contribution in [2.24, 2.45) is 11.7 Å². The highest BCUT2D eigenvalue weighted by Crippen LogP contribution is 2.37. The first-order valence-electron chi connectivity index (χ1n) is 8.39. The second kappa shape index (κ2) is 7.75. The lowest BCUT2D eigenvalue weighted by molar-refractivity contribution is -0.191. The molecule has 0 aliphatic carbocycles. The van der Waals surface area contributed by atoms with E-state index in [1.165, 1.54) is 0 Å². The first-order chi connectivity index (χ1) is 12.0. The van der Waals surface area contributed by atoms with Crippen molar-refractivity contribution >= 4 is 0 Å². The molecule has 0 unspecified atom stereocenters. The second-order valence-corrected chi connectivity index (χ2v) is 6.41. The third kappa shape index (κ3) is 4.53. The van der Waals surface area contributed by atoms with Gasteiger partial charge in [0.25, 0.3) is 5.56 Å². The number of nitrogens with zero attached hydrogens (tertiary/aromatic N) is 1. The molecule has 1 fully saturated rings. The van der Waals surface area contributed by atoms with Gasteiger partial charge < -0.3 is 25.4 Å². The van der Waals surface area contributed by atoms with Crippen LogP contribution in [0, 0.1) is 5.92 Å². The van der Waals surface area contributed by atoms with Crippen LogP contribution in [0.2, 0.25) is 0 Å². The number of nitrogens with one attached hydrogen (secondary N) is 1. The highest BCUT2D eigenvalue weighted by atomic mass is 19.2. The number of halogens is 1. The summed E-state index contributed by atoms with van der Waals surface area (Å²) in [7, 11) is 0. The first-order valence-corrected chi connectivity index (χ1v) is 7.89. The number of aromatic amines is 1. The quantitative estimate of drug-likeness (QED) is 0.486. The zero-order valence-corrected chi connectivity index (χ0v) is 14.1. The van der Waals surface area contributed by atoms with Crippen molar-refractivity contribution in [3.8, 4) is 0 Å². The average molecular weight is 362 g/mol. The molecule has 2 heterocycles. The Hall–Kier alpha value is -1.59. The van der Waals surface area contributed by atoms with Crippen molar-refractivity contribution in [2.75, 3.05) is 13.2 Å². The Kier molecular flexibility index (Phi) is 5.64. The molecule has 1 saturated heterocycles. The molecule has 10 heteroatoms. The Bertz CT molecular complexity index is 756. The van der Waals surface area contributed by atoms with Crippen molar-refractivity contribution in [1.29, 1.82) is 0 Å². The van der Waals surface area contributed by atoms with Crippen LogP contribution in [0.15, 0.2) is 15.8 Å². The molecule has 0 bridgehead atoms. The molecule has 0 aromatic carbocycles. The number of alkyl halides is 1. The van der Waals surface area contributed by atoms with Crippen LogP contribution >= 0.6 is 0 Å². The van der Waals surface area contributed by atoms with E-state index in [4.69, 9.17) is 21.7 Å². The van der Waals surface area contributed by atoms with Gasteiger partial charge in [0.2, 0.25) is 5.85 Å². The first kappa shape index (κ1) is 18.2. The van der Waals surface area contributed by atoms with Gasteiger partial charge in [-0.15, -0.1) is 0 Å². The number of aliphatic hydroxyl groups excluding tert-OH is 2. The Morgan fingerprint density at radius 1 is 1.64 bits per heavy atom. The molecule has 0 radical (unpaired) electrons. The van der Waals surface area contributed by atoms with Gasteiger partial charge in [0, 0.05) is 18.7 Å².